The molecule has 2 nitrogen and oxygen atoms in total. The third-order valence-corrected chi connectivity index (χ3v) is 5.14. The van der Waals surface area contributed by atoms with E-state index in [4.69, 9.17) is 17.3 Å². The Morgan fingerprint density at radius 3 is 2.55 bits per heavy atom. The molecule has 0 bridgehead atoms. The fraction of sp³-hybridized carbons (Fsp3) is 0.167. The number of carbonyl (C=O) groups is 1. The zero-order valence-corrected chi connectivity index (χ0v) is 13.7. The molecule has 0 spiro atoms. The number of nitrogens with two attached hydrogens (primary N) is 1. The predicted molar refractivity (Wildman–Crippen MR) is 93.6 cm³/mol. The Labute approximate surface area is 139 Å². The van der Waals surface area contributed by atoms with E-state index < -0.39 is 0 Å². The Kier molecular flexibility index (Phi) is 4.27. The summed E-state index contributed by atoms with van der Waals surface area (Å²) in [5.41, 5.74) is 9.57. The number of ketones is 1. The van der Waals surface area contributed by atoms with Crippen molar-refractivity contribution in [3.05, 3.63) is 76.3 Å². The molecule has 0 aromatic heterocycles. The van der Waals surface area contributed by atoms with Crippen LogP contribution in [-0.2, 0) is 4.79 Å². The molecule has 0 saturated carbocycles. The topological polar surface area (TPSA) is 43.1 Å². The summed E-state index contributed by atoms with van der Waals surface area (Å²) in [4.78, 5) is 12.8. The molecular weight excluding hydrogens is 314 g/mol. The molecule has 1 aliphatic rings. The van der Waals surface area contributed by atoms with Crippen LogP contribution in [0.25, 0.3) is 5.57 Å². The number of hydrogen-bond donors (Lipinski definition) is 1. The summed E-state index contributed by atoms with van der Waals surface area (Å²) in [6.07, 6.45) is 0. The van der Waals surface area contributed by atoms with E-state index in [0.717, 1.165) is 16.7 Å². The van der Waals surface area contributed by atoms with E-state index in [1.54, 1.807) is 0 Å². The molecule has 2 N–H and O–H groups in total. The number of allylic oxidation sites excluding steroid dienone is 1. The zero-order valence-electron chi connectivity index (χ0n) is 12.1. The van der Waals surface area contributed by atoms with Crippen LogP contribution in [0.1, 0.15) is 34.2 Å². The highest BCUT2D eigenvalue weighted by molar-refractivity contribution is 8.04. The van der Waals surface area contributed by atoms with Crippen molar-refractivity contribution in [3.63, 3.8) is 0 Å². The van der Waals surface area contributed by atoms with Gasteiger partial charge >= 0.3 is 0 Å². The van der Waals surface area contributed by atoms with Gasteiger partial charge in [0.05, 0.1) is 21.2 Å². The van der Waals surface area contributed by atoms with Gasteiger partial charge in [0.15, 0.2) is 5.78 Å². The maximum atomic E-state index is 12.8. The van der Waals surface area contributed by atoms with Crippen molar-refractivity contribution in [2.45, 2.75) is 17.6 Å². The molecule has 2 unspecified atom stereocenters. The van der Waals surface area contributed by atoms with Crippen LogP contribution in [0.3, 0.4) is 0 Å². The van der Waals surface area contributed by atoms with Crippen LogP contribution in [0.5, 0.6) is 0 Å². The van der Waals surface area contributed by atoms with E-state index in [2.05, 4.69) is 0 Å². The molecule has 2 atom stereocenters. The summed E-state index contributed by atoms with van der Waals surface area (Å²) in [7, 11) is 0. The Bertz CT molecular complexity index is 740. The van der Waals surface area contributed by atoms with Crippen LogP contribution >= 0.6 is 23.4 Å². The monoisotopic (exact) mass is 329 g/mol. The summed E-state index contributed by atoms with van der Waals surface area (Å²) in [6, 6.07) is 17.5. The second-order valence-corrected chi connectivity index (χ2v) is 7.06. The third kappa shape index (κ3) is 2.79. The van der Waals surface area contributed by atoms with E-state index in [9.17, 15) is 4.79 Å². The number of carbonyl (C=O) groups excluding carboxylic acids is 1. The fourth-order valence-electron chi connectivity index (χ4n) is 2.57. The predicted octanol–water partition coefficient (Wildman–Crippen LogP) is 4.67. The van der Waals surface area contributed by atoms with Crippen LogP contribution in [0.2, 0.25) is 0 Å². The lowest BCUT2D eigenvalue weighted by Crippen LogP contribution is -2.07. The van der Waals surface area contributed by atoms with Crippen molar-refractivity contribution >= 4 is 34.7 Å². The average Bonchev–Trinajstić information content (AvgIpc) is 2.83. The molecule has 1 heterocycles. The Balaban J connectivity index is 1.96. The van der Waals surface area contributed by atoms with E-state index in [1.807, 2.05) is 61.5 Å². The van der Waals surface area contributed by atoms with Gasteiger partial charge in [-0.25, -0.2) is 0 Å². The molecule has 112 valence electrons. The van der Waals surface area contributed by atoms with Crippen molar-refractivity contribution in [2.75, 3.05) is 0 Å². The minimum absolute atomic E-state index is 0.0630. The standard InChI is InChI=1S/C18H16ClNOS/c1-11(19)13-8-5-9-14(10-13)15-16(21)17(22-18(15)20)12-6-3-2-4-7-12/h2-11,17H,20H2,1H3. The lowest BCUT2D eigenvalue weighted by molar-refractivity contribution is -0.113. The van der Waals surface area contributed by atoms with Gasteiger partial charge in [-0.3, -0.25) is 4.79 Å². The number of alkyl halides is 1. The Morgan fingerprint density at radius 2 is 1.86 bits per heavy atom. The highest BCUT2D eigenvalue weighted by atomic mass is 35.5. The Morgan fingerprint density at radius 1 is 1.14 bits per heavy atom. The first-order valence-corrected chi connectivity index (χ1v) is 8.39. The number of halogens is 1. The molecule has 1 aliphatic heterocycles. The van der Waals surface area contributed by atoms with Gasteiger partial charge in [-0.05, 0) is 29.7 Å². The molecule has 4 heteroatoms. The molecule has 0 radical (unpaired) electrons. The van der Waals surface area contributed by atoms with Gasteiger partial charge in [0, 0.05) is 0 Å². The van der Waals surface area contributed by atoms with Crippen LogP contribution in [0, 0.1) is 0 Å². The van der Waals surface area contributed by atoms with Crippen molar-refractivity contribution in [1.82, 2.24) is 0 Å². The maximum Gasteiger partial charge on any atom is 0.183 e. The molecule has 2 aromatic carbocycles. The highest BCUT2D eigenvalue weighted by Crippen LogP contribution is 2.46. The fourth-order valence-corrected chi connectivity index (χ4v) is 3.81. The van der Waals surface area contributed by atoms with E-state index in [-0.39, 0.29) is 16.4 Å². The molecule has 0 saturated heterocycles. The van der Waals surface area contributed by atoms with Crippen LogP contribution < -0.4 is 5.73 Å². The molecule has 0 fully saturated rings. The maximum absolute atomic E-state index is 12.8. The van der Waals surface area contributed by atoms with Gasteiger partial charge in [0.2, 0.25) is 0 Å². The number of Topliss-reactive ketones (excluding diaryl/α,β-unsaturated/α-hetero) is 1. The molecule has 0 aliphatic carbocycles. The minimum Gasteiger partial charge on any atom is -0.393 e. The summed E-state index contributed by atoms with van der Waals surface area (Å²) < 4.78 is 0. The van der Waals surface area contributed by atoms with E-state index in [0.29, 0.717) is 10.6 Å². The van der Waals surface area contributed by atoms with Crippen LogP contribution in [0.15, 0.2) is 59.6 Å². The van der Waals surface area contributed by atoms with Crippen molar-refractivity contribution in [1.29, 1.82) is 0 Å². The SMILES string of the molecule is CC(Cl)c1cccc(C2=C(N)SC(c3ccccc3)C2=O)c1. The summed E-state index contributed by atoms with van der Waals surface area (Å²) in [6.45, 7) is 1.91. The van der Waals surface area contributed by atoms with Crippen molar-refractivity contribution in [3.8, 4) is 0 Å². The summed E-state index contributed by atoms with van der Waals surface area (Å²) in [5, 5.41) is 0.224. The summed E-state index contributed by atoms with van der Waals surface area (Å²) >= 11 is 7.56. The number of hydrogen-bond acceptors (Lipinski definition) is 3. The van der Waals surface area contributed by atoms with E-state index >= 15 is 0 Å². The quantitative estimate of drug-likeness (QED) is 0.832. The van der Waals surface area contributed by atoms with Gasteiger partial charge in [-0.15, -0.1) is 11.6 Å². The first-order valence-electron chi connectivity index (χ1n) is 7.08. The first kappa shape index (κ1) is 15.2. The second-order valence-electron chi connectivity index (χ2n) is 5.25. The van der Waals surface area contributed by atoms with Gasteiger partial charge in [0.25, 0.3) is 0 Å². The van der Waals surface area contributed by atoms with Gasteiger partial charge in [-0.1, -0.05) is 60.3 Å². The number of benzene rings is 2. The minimum atomic E-state index is -0.256. The first-order chi connectivity index (χ1) is 10.6. The number of thioether (sulfide) groups is 1. The highest BCUT2D eigenvalue weighted by Gasteiger charge is 2.34. The average molecular weight is 330 g/mol. The lowest BCUT2D eigenvalue weighted by Gasteiger charge is -2.10. The van der Waals surface area contributed by atoms with Crippen molar-refractivity contribution < 1.29 is 4.79 Å². The van der Waals surface area contributed by atoms with Crippen LogP contribution in [0.4, 0.5) is 0 Å². The van der Waals surface area contributed by atoms with Gasteiger partial charge < -0.3 is 5.73 Å². The third-order valence-electron chi connectivity index (χ3n) is 3.71. The molecule has 3 rings (SSSR count). The number of rotatable bonds is 3. The largest absolute Gasteiger partial charge is 0.393 e. The Hall–Kier alpha value is -1.71. The molecular formula is C18H16ClNOS. The lowest BCUT2D eigenvalue weighted by atomic mass is 9.96. The zero-order chi connectivity index (χ0) is 15.7. The normalized spacial score (nSPS) is 19.5. The smallest absolute Gasteiger partial charge is 0.183 e. The summed E-state index contributed by atoms with van der Waals surface area (Å²) in [5.74, 6) is 0.0630. The molecule has 0 amide bonds. The van der Waals surface area contributed by atoms with E-state index in [1.165, 1.54) is 11.8 Å². The van der Waals surface area contributed by atoms with Gasteiger partial charge in [0.1, 0.15) is 0 Å². The second kappa shape index (κ2) is 6.19. The molecule has 22 heavy (non-hydrogen) atoms. The molecule has 2 aromatic rings. The van der Waals surface area contributed by atoms with Crippen molar-refractivity contribution in [2.24, 2.45) is 5.73 Å². The van der Waals surface area contributed by atoms with Gasteiger partial charge in [-0.2, -0.15) is 0 Å². The van der Waals surface area contributed by atoms with Crippen LogP contribution in [-0.4, -0.2) is 5.78 Å².